The molecular weight excluding hydrogens is 291 g/mol. The molecular formula is C17H14Cl2O. The Balaban J connectivity index is 2.12. The molecule has 0 bridgehead atoms. The average molecular weight is 305 g/mol. The number of benzene rings is 2. The summed E-state index contributed by atoms with van der Waals surface area (Å²) in [6.45, 7) is 0. The summed E-state index contributed by atoms with van der Waals surface area (Å²) >= 11 is 11.9. The van der Waals surface area contributed by atoms with Crippen LogP contribution < -0.4 is 0 Å². The first-order chi connectivity index (χ1) is 9.70. The molecule has 0 amide bonds. The first-order valence-corrected chi connectivity index (χ1v) is 7.10. The number of hydrogen-bond donors (Lipinski definition) is 0. The highest BCUT2D eigenvalue weighted by atomic mass is 35.5. The summed E-state index contributed by atoms with van der Waals surface area (Å²) in [5, 5.41) is 1.12. The Morgan fingerprint density at radius 2 is 1.75 bits per heavy atom. The van der Waals surface area contributed by atoms with Gasteiger partial charge in [0.2, 0.25) is 0 Å². The highest BCUT2D eigenvalue weighted by Crippen LogP contribution is 2.25. The van der Waals surface area contributed by atoms with Gasteiger partial charge in [-0.15, -0.1) is 0 Å². The van der Waals surface area contributed by atoms with E-state index < -0.39 is 0 Å². The second-order valence-corrected chi connectivity index (χ2v) is 5.26. The van der Waals surface area contributed by atoms with Gasteiger partial charge in [-0.1, -0.05) is 59.6 Å². The van der Waals surface area contributed by atoms with Gasteiger partial charge in [0, 0.05) is 0 Å². The van der Waals surface area contributed by atoms with Crippen LogP contribution in [0, 0.1) is 0 Å². The number of halogens is 2. The minimum absolute atomic E-state index is 0.558. The van der Waals surface area contributed by atoms with Gasteiger partial charge in [0.05, 0.1) is 10.0 Å². The third kappa shape index (κ3) is 3.96. The lowest BCUT2D eigenvalue weighted by atomic mass is 9.98. The molecule has 0 aromatic heterocycles. The van der Waals surface area contributed by atoms with Crippen LogP contribution in [0.25, 0.3) is 5.57 Å². The van der Waals surface area contributed by atoms with Crippen LogP contribution in [0.2, 0.25) is 10.0 Å². The second kappa shape index (κ2) is 7.28. The van der Waals surface area contributed by atoms with Crippen molar-refractivity contribution in [2.75, 3.05) is 0 Å². The maximum absolute atomic E-state index is 10.8. The van der Waals surface area contributed by atoms with E-state index in [-0.39, 0.29) is 0 Å². The van der Waals surface area contributed by atoms with Crippen LogP contribution in [-0.4, -0.2) is 6.29 Å². The minimum Gasteiger partial charge on any atom is -0.299 e. The lowest BCUT2D eigenvalue weighted by Crippen LogP contribution is -1.91. The molecule has 0 aliphatic heterocycles. The summed E-state index contributed by atoms with van der Waals surface area (Å²) in [5.41, 5.74) is 3.19. The monoisotopic (exact) mass is 304 g/mol. The van der Waals surface area contributed by atoms with Crippen molar-refractivity contribution >= 4 is 35.1 Å². The van der Waals surface area contributed by atoms with E-state index in [0.29, 0.717) is 10.0 Å². The smallest absolute Gasteiger partial charge is 0.143 e. The summed E-state index contributed by atoms with van der Waals surface area (Å²) in [5.74, 6) is 0. The fourth-order valence-electron chi connectivity index (χ4n) is 2.03. The topological polar surface area (TPSA) is 17.1 Å². The first-order valence-electron chi connectivity index (χ1n) is 6.34. The Kier molecular flexibility index (Phi) is 5.40. The zero-order chi connectivity index (χ0) is 14.4. The molecule has 20 heavy (non-hydrogen) atoms. The third-order valence-corrected chi connectivity index (χ3v) is 3.82. The van der Waals surface area contributed by atoms with Crippen LogP contribution in [0.1, 0.15) is 17.5 Å². The molecule has 2 aromatic rings. The van der Waals surface area contributed by atoms with Gasteiger partial charge >= 0.3 is 0 Å². The molecule has 1 nitrogen and oxygen atoms in total. The van der Waals surface area contributed by atoms with Crippen LogP contribution in [0.5, 0.6) is 0 Å². The minimum atomic E-state index is 0.558. The van der Waals surface area contributed by atoms with Crippen molar-refractivity contribution in [3.63, 3.8) is 0 Å². The number of allylic oxidation sites excluding steroid dienone is 2. The molecule has 0 radical (unpaired) electrons. The van der Waals surface area contributed by atoms with Crippen molar-refractivity contribution in [2.45, 2.75) is 12.8 Å². The van der Waals surface area contributed by atoms with Crippen molar-refractivity contribution in [3.05, 3.63) is 75.8 Å². The van der Waals surface area contributed by atoms with Gasteiger partial charge < -0.3 is 0 Å². The van der Waals surface area contributed by atoms with E-state index >= 15 is 0 Å². The predicted molar refractivity (Wildman–Crippen MR) is 85.3 cm³/mol. The zero-order valence-corrected chi connectivity index (χ0v) is 12.4. The maximum Gasteiger partial charge on any atom is 0.143 e. The summed E-state index contributed by atoms with van der Waals surface area (Å²) < 4.78 is 0. The third-order valence-electron chi connectivity index (χ3n) is 3.08. The summed E-state index contributed by atoms with van der Waals surface area (Å²) in [4.78, 5) is 10.8. The number of aryl methyl sites for hydroxylation is 1. The normalized spacial score (nSPS) is 11.4. The molecule has 0 aliphatic carbocycles. The number of carbonyl (C=O) groups is 1. The van der Waals surface area contributed by atoms with Crippen LogP contribution in [0.3, 0.4) is 0 Å². The largest absolute Gasteiger partial charge is 0.299 e. The predicted octanol–water partition coefficient (Wildman–Crippen LogP) is 5.21. The Labute approximate surface area is 128 Å². The number of hydrogen-bond acceptors (Lipinski definition) is 1. The van der Waals surface area contributed by atoms with Crippen molar-refractivity contribution in [3.8, 4) is 0 Å². The average Bonchev–Trinajstić information content (AvgIpc) is 2.48. The molecule has 0 aliphatic rings. The Morgan fingerprint density at radius 3 is 2.40 bits per heavy atom. The highest BCUT2D eigenvalue weighted by Gasteiger charge is 2.04. The number of carbonyl (C=O) groups excluding carboxylic acids is 1. The molecule has 0 heterocycles. The van der Waals surface area contributed by atoms with Gasteiger partial charge in [-0.05, 0) is 47.8 Å². The van der Waals surface area contributed by atoms with E-state index in [1.807, 2.05) is 42.5 Å². The lowest BCUT2D eigenvalue weighted by molar-refractivity contribution is -0.104. The fourth-order valence-corrected chi connectivity index (χ4v) is 2.35. The van der Waals surface area contributed by atoms with Crippen LogP contribution in [0.4, 0.5) is 0 Å². The van der Waals surface area contributed by atoms with E-state index in [2.05, 4.69) is 0 Å². The van der Waals surface area contributed by atoms with Gasteiger partial charge in [0.1, 0.15) is 6.29 Å². The molecule has 0 spiro atoms. The molecule has 2 aromatic carbocycles. The van der Waals surface area contributed by atoms with E-state index in [4.69, 9.17) is 23.2 Å². The van der Waals surface area contributed by atoms with Gasteiger partial charge in [0.25, 0.3) is 0 Å². The van der Waals surface area contributed by atoms with E-state index in [9.17, 15) is 4.79 Å². The molecule has 0 atom stereocenters. The maximum atomic E-state index is 10.8. The Hall–Kier alpha value is -1.57. The quantitative estimate of drug-likeness (QED) is 0.547. The standard InChI is InChI=1S/C17H14Cl2O/c18-16-9-7-13(12-17(16)19)6-8-15(10-11-20)14-4-2-1-3-5-14/h1-5,7,9-12H,6,8H2/b15-10+. The van der Waals surface area contributed by atoms with Gasteiger partial charge in [-0.3, -0.25) is 4.79 Å². The summed E-state index contributed by atoms with van der Waals surface area (Å²) in [7, 11) is 0. The van der Waals surface area contributed by atoms with Crippen molar-refractivity contribution < 1.29 is 4.79 Å². The molecule has 0 fully saturated rings. The first kappa shape index (κ1) is 14.8. The summed E-state index contributed by atoms with van der Waals surface area (Å²) in [6.07, 6.45) is 4.04. The van der Waals surface area contributed by atoms with Crippen molar-refractivity contribution in [1.29, 1.82) is 0 Å². The van der Waals surface area contributed by atoms with Gasteiger partial charge in [0.15, 0.2) is 0 Å². The molecule has 0 unspecified atom stereocenters. The van der Waals surface area contributed by atoms with Gasteiger partial charge in [-0.2, -0.15) is 0 Å². The van der Waals surface area contributed by atoms with E-state index in [1.165, 1.54) is 0 Å². The molecule has 0 saturated heterocycles. The lowest BCUT2D eigenvalue weighted by Gasteiger charge is -2.08. The molecule has 102 valence electrons. The molecule has 0 saturated carbocycles. The van der Waals surface area contributed by atoms with Crippen LogP contribution >= 0.6 is 23.2 Å². The van der Waals surface area contributed by atoms with Crippen LogP contribution in [-0.2, 0) is 11.2 Å². The van der Waals surface area contributed by atoms with Crippen LogP contribution in [0.15, 0.2) is 54.6 Å². The molecule has 2 rings (SSSR count). The second-order valence-electron chi connectivity index (χ2n) is 4.44. The Bertz CT molecular complexity index is 618. The SMILES string of the molecule is O=C/C=C(\CCc1ccc(Cl)c(Cl)c1)c1ccccc1. The summed E-state index contributed by atoms with van der Waals surface area (Å²) in [6, 6.07) is 15.5. The van der Waals surface area contributed by atoms with E-state index in [1.54, 1.807) is 12.1 Å². The highest BCUT2D eigenvalue weighted by molar-refractivity contribution is 6.42. The number of rotatable bonds is 5. The van der Waals surface area contributed by atoms with Crippen molar-refractivity contribution in [2.24, 2.45) is 0 Å². The van der Waals surface area contributed by atoms with Crippen molar-refractivity contribution in [1.82, 2.24) is 0 Å². The van der Waals surface area contributed by atoms with E-state index in [0.717, 1.165) is 35.8 Å². The molecule has 0 N–H and O–H groups in total. The van der Waals surface area contributed by atoms with Gasteiger partial charge in [-0.25, -0.2) is 0 Å². The Morgan fingerprint density at radius 1 is 1.00 bits per heavy atom. The molecule has 3 heteroatoms. The fraction of sp³-hybridized carbons (Fsp3) is 0.118. The zero-order valence-electron chi connectivity index (χ0n) is 10.9. The number of aldehydes is 1.